The van der Waals surface area contributed by atoms with Gasteiger partial charge in [-0.2, -0.15) is 13.2 Å². The summed E-state index contributed by atoms with van der Waals surface area (Å²) >= 11 is 0. The number of hydrogen-bond donors (Lipinski definition) is 1. The van der Waals surface area contributed by atoms with Crippen LogP contribution in [0, 0.1) is 0 Å². The number of ether oxygens (including phenoxy) is 1. The molecule has 0 radical (unpaired) electrons. The number of halogens is 3. The molecule has 1 rings (SSSR count). The summed E-state index contributed by atoms with van der Waals surface area (Å²) in [6.07, 6.45) is -6.79. The average Bonchev–Trinajstić information content (AvgIpc) is 2.31. The molecule has 76 valence electrons. The fourth-order valence-corrected chi connectivity index (χ4v) is 1.23. The lowest BCUT2D eigenvalue weighted by atomic mass is 10.0. The van der Waals surface area contributed by atoms with Crippen LogP contribution in [0.1, 0.15) is 19.8 Å². The summed E-state index contributed by atoms with van der Waals surface area (Å²) in [4.78, 5) is 10.5. The van der Waals surface area contributed by atoms with Crippen LogP contribution in [0.5, 0.6) is 0 Å². The van der Waals surface area contributed by atoms with Crippen molar-refractivity contribution in [3.63, 3.8) is 0 Å². The molecular formula is C7H9F3O3. The van der Waals surface area contributed by atoms with Gasteiger partial charge in [-0.1, -0.05) is 0 Å². The lowest BCUT2D eigenvalue weighted by Gasteiger charge is -2.20. The van der Waals surface area contributed by atoms with Gasteiger partial charge in [-0.15, -0.1) is 0 Å². The molecule has 0 amide bonds. The Labute approximate surface area is 72.5 Å². The van der Waals surface area contributed by atoms with Crippen molar-refractivity contribution in [2.75, 3.05) is 0 Å². The van der Waals surface area contributed by atoms with Gasteiger partial charge in [-0.05, 0) is 19.8 Å². The minimum absolute atomic E-state index is 0.105. The molecular weight excluding hydrogens is 189 g/mol. The van der Waals surface area contributed by atoms with Gasteiger partial charge in [0.1, 0.15) is 0 Å². The van der Waals surface area contributed by atoms with Crippen LogP contribution in [0.3, 0.4) is 0 Å². The molecule has 13 heavy (non-hydrogen) atoms. The van der Waals surface area contributed by atoms with Gasteiger partial charge in [0.05, 0.1) is 0 Å². The van der Waals surface area contributed by atoms with Gasteiger partial charge in [0.25, 0.3) is 0 Å². The maximum Gasteiger partial charge on any atom is 0.414 e. The van der Waals surface area contributed by atoms with E-state index in [2.05, 4.69) is 4.74 Å². The first-order valence-corrected chi connectivity index (χ1v) is 3.73. The molecule has 1 aliphatic rings. The summed E-state index contributed by atoms with van der Waals surface area (Å²) in [7, 11) is 0. The van der Waals surface area contributed by atoms with Gasteiger partial charge in [0.15, 0.2) is 11.7 Å². The fraction of sp³-hybridized carbons (Fsp3) is 0.857. The Kier molecular flexibility index (Phi) is 2.27. The van der Waals surface area contributed by atoms with Crippen molar-refractivity contribution in [2.45, 2.75) is 37.6 Å². The SMILES string of the molecule is CC1(C(=O)O)CCC(C(F)(F)F)O1. The zero-order valence-electron chi connectivity index (χ0n) is 6.89. The number of alkyl halides is 3. The van der Waals surface area contributed by atoms with E-state index < -0.39 is 23.9 Å². The molecule has 0 aromatic rings. The second kappa shape index (κ2) is 2.87. The maximum absolute atomic E-state index is 12.0. The van der Waals surface area contributed by atoms with Crippen LogP contribution >= 0.6 is 0 Å². The first kappa shape index (κ1) is 10.3. The van der Waals surface area contributed by atoms with Gasteiger partial charge >= 0.3 is 12.1 Å². The third-order valence-electron chi connectivity index (χ3n) is 2.10. The summed E-state index contributed by atoms with van der Waals surface area (Å²) in [5.74, 6) is -1.35. The molecule has 0 saturated carbocycles. The van der Waals surface area contributed by atoms with E-state index in [4.69, 9.17) is 5.11 Å². The fourth-order valence-electron chi connectivity index (χ4n) is 1.23. The van der Waals surface area contributed by atoms with Crippen molar-refractivity contribution in [3.05, 3.63) is 0 Å². The number of carbonyl (C=O) groups is 1. The van der Waals surface area contributed by atoms with E-state index in [0.717, 1.165) is 6.92 Å². The van der Waals surface area contributed by atoms with E-state index in [1.165, 1.54) is 0 Å². The van der Waals surface area contributed by atoms with Crippen molar-refractivity contribution in [1.29, 1.82) is 0 Å². The smallest absolute Gasteiger partial charge is 0.414 e. The summed E-state index contributed by atoms with van der Waals surface area (Å²) in [6.45, 7) is 1.15. The molecule has 0 aromatic heterocycles. The molecule has 1 saturated heterocycles. The maximum atomic E-state index is 12.0. The number of hydrogen-bond acceptors (Lipinski definition) is 2. The molecule has 1 fully saturated rings. The normalized spacial score (nSPS) is 34.9. The number of aliphatic carboxylic acids is 1. The van der Waals surface area contributed by atoms with Gasteiger partial charge in [-0.3, -0.25) is 0 Å². The third kappa shape index (κ3) is 1.93. The van der Waals surface area contributed by atoms with E-state index in [9.17, 15) is 18.0 Å². The van der Waals surface area contributed by atoms with Crippen molar-refractivity contribution in [3.8, 4) is 0 Å². The quantitative estimate of drug-likeness (QED) is 0.695. The van der Waals surface area contributed by atoms with Gasteiger partial charge in [0.2, 0.25) is 0 Å². The first-order chi connectivity index (χ1) is 5.76. The Morgan fingerprint density at radius 2 is 2.15 bits per heavy atom. The zero-order chi connectivity index (χ0) is 10.3. The highest BCUT2D eigenvalue weighted by Gasteiger charge is 2.52. The van der Waals surface area contributed by atoms with E-state index >= 15 is 0 Å². The lowest BCUT2D eigenvalue weighted by molar-refractivity contribution is -0.229. The van der Waals surface area contributed by atoms with Crippen LogP contribution in [0.25, 0.3) is 0 Å². The molecule has 2 unspecified atom stereocenters. The van der Waals surface area contributed by atoms with E-state index in [-0.39, 0.29) is 12.8 Å². The molecule has 0 bridgehead atoms. The Bertz CT molecular complexity index is 226. The minimum Gasteiger partial charge on any atom is -0.479 e. The molecule has 0 aliphatic carbocycles. The van der Waals surface area contributed by atoms with Crippen LogP contribution in [-0.2, 0) is 9.53 Å². The first-order valence-electron chi connectivity index (χ1n) is 3.73. The van der Waals surface area contributed by atoms with E-state index in [0.29, 0.717) is 0 Å². The largest absolute Gasteiger partial charge is 0.479 e. The topological polar surface area (TPSA) is 46.5 Å². The molecule has 2 atom stereocenters. The predicted octanol–water partition coefficient (Wildman–Crippen LogP) is 1.57. The van der Waals surface area contributed by atoms with Crippen LogP contribution in [0.15, 0.2) is 0 Å². The van der Waals surface area contributed by atoms with Crippen molar-refractivity contribution >= 4 is 5.97 Å². The molecule has 6 heteroatoms. The van der Waals surface area contributed by atoms with Gasteiger partial charge < -0.3 is 9.84 Å². The highest BCUT2D eigenvalue weighted by molar-refractivity contribution is 5.77. The zero-order valence-corrected chi connectivity index (χ0v) is 6.89. The molecule has 3 nitrogen and oxygen atoms in total. The Morgan fingerprint density at radius 3 is 2.38 bits per heavy atom. The summed E-state index contributed by atoms with van der Waals surface area (Å²) < 4.78 is 40.6. The van der Waals surface area contributed by atoms with E-state index in [1.807, 2.05) is 0 Å². The summed E-state index contributed by atoms with van der Waals surface area (Å²) in [6, 6.07) is 0. The molecule has 1 aliphatic heterocycles. The van der Waals surface area contributed by atoms with Gasteiger partial charge in [-0.25, -0.2) is 4.79 Å². The van der Waals surface area contributed by atoms with Gasteiger partial charge in [0, 0.05) is 0 Å². The van der Waals surface area contributed by atoms with Crippen LogP contribution < -0.4 is 0 Å². The van der Waals surface area contributed by atoms with E-state index in [1.54, 1.807) is 0 Å². The lowest BCUT2D eigenvalue weighted by Crippen LogP contribution is -2.38. The number of carboxylic acid groups (broad SMARTS) is 1. The van der Waals surface area contributed by atoms with Crippen molar-refractivity contribution in [1.82, 2.24) is 0 Å². The minimum atomic E-state index is -4.47. The van der Waals surface area contributed by atoms with Crippen molar-refractivity contribution < 1.29 is 27.8 Å². The average molecular weight is 198 g/mol. The number of carboxylic acids is 1. The Morgan fingerprint density at radius 1 is 1.62 bits per heavy atom. The number of rotatable bonds is 1. The molecule has 1 heterocycles. The Balaban J connectivity index is 2.69. The van der Waals surface area contributed by atoms with Crippen LogP contribution in [0.4, 0.5) is 13.2 Å². The predicted molar refractivity (Wildman–Crippen MR) is 36.2 cm³/mol. The molecule has 0 spiro atoms. The summed E-state index contributed by atoms with van der Waals surface area (Å²) in [5, 5.41) is 8.56. The monoisotopic (exact) mass is 198 g/mol. The second-order valence-electron chi connectivity index (χ2n) is 3.22. The highest BCUT2D eigenvalue weighted by Crippen LogP contribution is 2.38. The Hall–Kier alpha value is -0.780. The second-order valence-corrected chi connectivity index (χ2v) is 3.22. The van der Waals surface area contributed by atoms with Crippen LogP contribution in [0.2, 0.25) is 0 Å². The molecule has 1 N–H and O–H groups in total. The van der Waals surface area contributed by atoms with Crippen molar-refractivity contribution in [2.24, 2.45) is 0 Å². The third-order valence-corrected chi connectivity index (χ3v) is 2.10. The summed E-state index contributed by atoms with van der Waals surface area (Å²) in [5.41, 5.74) is -1.68. The van der Waals surface area contributed by atoms with Crippen LogP contribution in [-0.4, -0.2) is 29.0 Å². The molecule has 0 aromatic carbocycles. The highest BCUT2D eigenvalue weighted by atomic mass is 19.4. The standard InChI is InChI=1S/C7H9F3O3/c1-6(5(11)12)3-2-4(13-6)7(8,9)10/h4H,2-3H2,1H3,(H,11,12).